The molecule has 0 radical (unpaired) electrons. The minimum Gasteiger partial charge on any atom is -0.497 e. The Bertz CT molecular complexity index is 852. The van der Waals surface area contributed by atoms with Crippen LogP contribution in [-0.2, 0) is 11.2 Å². The minimum atomic E-state index is -0.339. The van der Waals surface area contributed by atoms with Gasteiger partial charge in [-0.25, -0.2) is 0 Å². The lowest BCUT2D eigenvalue weighted by molar-refractivity contribution is -0.132. The van der Waals surface area contributed by atoms with Crippen molar-refractivity contribution in [2.24, 2.45) is 0 Å². The molecule has 6 nitrogen and oxygen atoms in total. The van der Waals surface area contributed by atoms with E-state index in [0.29, 0.717) is 39.2 Å². The van der Waals surface area contributed by atoms with Gasteiger partial charge in [0.2, 0.25) is 5.91 Å². The smallest absolute Gasteiger partial charge is 0.227 e. The monoisotopic (exact) mass is 393 g/mol. The number of amides is 1. The number of methoxy groups -OCH3 is 1. The highest BCUT2D eigenvalue weighted by Crippen LogP contribution is 2.25. The van der Waals surface area contributed by atoms with Crippen LogP contribution in [0.2, 0.25) is 0 Å². The van der Waals surface area contributed by atoms with Gasteiger partial charge < -0.3 is 14.4 Å². The van der Waals surface area contributed by atoms with Crippen LogP contribution in [0.3, 0.4) is 0 Å². The van der Waals surface area contributed by atoms with Crippen LogP contribution in [0.25, 0.3) is 0 Å². The molecule has 0 saturated carbocycles. The van der Waals surface area contributed by atoms with Crippen molar-refractivity contribution in [2.75, 3.05) is 39.9 Å². The van der Waals surface area contributed by atoms with Crippen molar-refractivity contribution in [3.05, 3.63) is 59.7 Å². The highest BCUT2D eigenvalue weighted by Gasteiger charge is 2.27. The van der Waals surface area contributed by atoms with E-state index in [1.165, 1.54) is 0 Å². The molecule has 1 atom stereocenters. The van der Waals surface area contributed by atoms with E-state index >= 15 is 0 Å². The fourth-order valence-electron chi connectivity index (χ4n) is 3.56. The Hall–Kier alpha value is -3.04. The van der Waals surface area contributed by atoms with Crippen molar-refractivity contribution in [1.29, 1.82) is 5.26 Å². The zero-order valence-corrected chi connectivity index (χ0v) is 17.0. The van der Waals surface area contributed by atoms with E-state index < -0.39 is 0 Å². The number of piperazine rings is 1. The van der Waals surface area contributed by atoms with Crippen LogP contribution >= 0.6 is 0 Å². The maximum atomic E-state index is 12.7. The van der Waals surface area contributed by atoms with Gasteiger partial charge in [-0.15, -0.1) is 0 Å². The maximum Gasteiger partial charge on any atom is 0.227 e. The van der Waals surface area contributed by atoms with Crippen molar-refractivity contribution in [3.8, 4) is 17.6 Å². The molecule has 1 aliphatic rings. The zero-order chi connectivity index (χ0) is 20.6. The number of carbonyl (C=O) groups excluding carboxylic acids is 1. The predicted molar refractivity (Wildman–Crippen MR) is 111 cm³/mol. The number of hydrogen-bond acceptors (Lipinski definition) is 5. The van der Waals surface area contributed by atoms with Crippen LogP contribution in [0.15, 0.2) is 48.5 Å². The molecule has 6 heteroatoms. The Labute approximate surface area is 172 Å². The van der Waals surface area contributed by atoms with Gasteiger partial charge >= 0.3 is 0 Å². The number of benzene rings is 2. The molecule has 1 amide bonds. The van der Waals surface area contributed by atoms with Crippen molar-refractivity contribution >= 4 is 5.91 Å². The van der Waals surface area contributed by atoms with Crippen LogP contribution in [0.5, 0.6) is 11.5 Å². The molecule has 152 valence electrons. The SMILES string of the molecule is CCOc1ccc(CC(=O)N2CCN(C(C#N)c3cccc(OC)c3)CC2)cc1. The molecule has 0 bridgehead atoms. The van der Waals surface area contributed by atoms with Gasteiger partial charge in [0.1, 0.15) is 17.5 Å². The number of carbonyl (C=O) groups is 1. The number of nitriles is 1. The molecule has 0 aromatic heterocycles. The Morgan fingerprint density at radius 1 is 1.10 bits per heavy atom. The molecule has 1 heterocycles. The third-order valence-corrected chi connectivity index (χ3v) is 5.15. The molecule has 2 aromatic rings. The first kappa shape index (κ1) is 20.7. The van der Waals surface area contributed by atoms with E-state index in [1.54, 1.807) is 7.11 Å². The summed E-state index contributed by atoms with van der Waals surface area (Å²) < 4.78 is 10.7. The lowest BCUT2D eigenvalue weighted by Crippen LogP contribution is -2.49. The number of rotatable bonds is 7. The predicted octanol–water partition coefficient (Wildman–Crippen LogP) is 3.05. The second kappa shape index (κ2) is 9.94. The van der Waals surface area contributed by atoms with Crippen molar-refractivity contribution < 1.29 is 14.3 Å². The standard InChI is InChI=1S/C23H27N3O3/c1-3-29-20-9-7-18(8-10-20)15-23(27)26-13-11-25(12-14-26)22(17-24)19-5-4-6-21(16-19)28-2/h4-10,16,22H,3,11-15H2,1-2H3. The van der Waals surface area contributed by atoms with E-state index in [0.717, 1.165) is 22.6 Å². The Kier molecular flexibility index (Phi) is 7.09. The van der Waals surface area contributed by atoms with E-state index in [2.05, 4.69) is 11.0 Å². The maximum absolute atomic E-state index is 12.7. The summed E-state index contributed by atoms with van der Waals surface area (Å²) in [5.41, 5.74) is 1.90. The van der Waals surface area contributed by atoms with Gasteiger partial charge in [-0.1, -0.05) is 24.3 Å². The molecular formula is C23H27N3O3. The van der Waals surface area contributed by atoms with Gasteiger partial charge in [0.05, 0.1) is 26.2 Å². The number of nitrogens with zero attached hydrogens (tertiary/aromatic N) is 3. The molecule has 0 spiro atoms. The molecule has 1 saturated heterocycles. The second-order valence-corrected chi connectivity index (χ2v) is 6.98. The molecular weight excluding hydrogens is 366 g/mol. The summed E-state index contributed by atoms with van der Waals surface area (Å²) in [7, 11) is 1.62. The number of ether oxygens (including phenoxy) is 2. The first-order valence-electron chi connectivity index (χ1n) is 9.91. The van der Waals surface area contributed by atoms with Gasteiger partial charge in [0.15, 0.2) is 0 Å². The first-order valence-corrected chi connectivity index (χ1v) is 9.91. The zero-order valence-electron chi connectivity index (χ0n) is 17.0. The van der Waals surface area contributed by atoms with E-state index in [4.69, 9.17) is 9.47 Å². The average Bonchev–Trinajstić information content (AvgIpc) is 2.76. The van der Waals surface area contributed by atoms with Crippen molar-refractivity contribution in [2.45, 2.75) is 19.4 Å². The molecule has 2 aromatic carbocycles. The van der Waals surface area contributed by atoms with Crippen molar-refractivity contribution in [1.82, 2.24) is 9.80 Å². The average molecular weight is 393 g/mol. The fourth-order valence-corrected chi connectivity index (χ4v) is 3.56. The largest absolute Gasteiger partial charge is 0.497 e. The van der Waals surface area contributed by atoms with Gasteiger partial charge in [0.25, 0.3) is 0 Å². The highest BCUT2D eigenvalue weighted by molar-refractivity contribution is 5.79. The van der Waals surface area contributed by atoms with Gasteiger partial charge in [-0.2, -0.15) is 5.26 Å². The van der Waals surface area contributed by atoms with Crippen LogP contribution in [0.1, 0.15) is 24.1 Å². The normalized spacial score (nSPS) is 15.4. The Morgan fingerprint density at radius 3 is 2.45 bits per heavy atom. The summed E-state index contributed by atoms with van der Waals surface area (Å²) in [4.78, 5) is 16.7. The molecule has 1 fully saturated rings. The summed E-state index contributed by atoms with van der Waals surface area (Å²) >= 11 is 0. The van der Waals surface area contributed by atoms with Crippen LogP contribution < -0.4 is 9.47 Å². The third-order valence-electron chi connectivity index (χ3n) is 5.15. The summed E-state index contributed by atoms with van der Waals surface area (Å²) in [5, 5.41) is 9.70. The number of hydrogen-bond donors (Lipinski definition) is 0. The first-order chi connectivity index (χ1) is 14.1. The molecule has 29 heavy (non-hydrogen) atoms. The van der Waals surface area contributed by atoms with Gasteiger partial charge in [0, 0.05) is 26.2 Å². The van der Waals surface area contributed by atoms with Gasteiger partial charge in [-0.3, -0.25) is 9.69 Å². The van der Waals surface area contributed by atoms with E-state index in [-0.39, 0.29) is 11.9 Å². The summed E-state index contributed by atoms with van der Waals surface area (Å²) in [6.07, 6.45) is 0.379. The lowest BCUT2D eigenvalue weighted by Gasteiger charge is -2.37. The Morgan fingerprint density at radius 2 is 1.83 bits per heavy atom. The summed E-state index contributed by atoms with van der Waals surface area (Å²) in [5.74, 6) is 1.67. The molecule has 1 unspecified atom stereocenters. The second-order valence-electron chi connectivity index (χ2n) is 6.98. The van der Waals surface area contributed by atoms with E-state index in [1.807, 2.05) is 60.4 Å². The van der Waals surface area contributed by atoms with Gasteiger partial charge in [-0.05, 0) is 42.3 Å². The fraction of sp³-hybridized carbons (Fsp3) is 0.391. The molecule has 3 rings (SSSR count). The molecule has 0 aliphatic carbocycles. The summed E-state index contributed by atoms with van der Waals surface area (Å²) in [6.45, 7) is 5.16. The lowest BCUT2D eigenvalue weighted by atomic mass is 10.0. The topological polar surface area (TPSA) is 65.8 Å². The van der Waals surface area contributed by atoms with Crippen molar-refractivity contribution in [3.63, 3.8) is 0 Å². The molecule has 1 aliphatic heterocycles. The van der Waals surface area contributed by atoms with Crippen LogP contribution in [-0.4, -0.2) is 55.6 Å². The molecule has 0 N–H and O–H groups in total. The van der Waals surface area contributed by atoms with E-state index in [9.17, 15) is 10.1 Å². The highest BCUT2D eigenvalue weighted by atomic mass is 16.5. The summed E-state index contributed by atoms with van der Waals surface area (Å²) in [6, 6.07) is 17.3. The van der Waals surface area contributed by atoms with Crippen LogP contribution in [0.4, 0.5) is 0 Å². The minimum absolute atomic E-state index is 0.115. The third kappa shape index (κ3) is 5.27. The quantitative estimate of drug-likeness (QED) is 0.723. The van der Waals surface area contributed by atoms with Crippen LogP contribution in [0, 0.1) is 11.3 Å². The Balaban J connectivity index is 1.56.